The van der Waals surface area contributed by atoms with Crippen molar-refractivity contribution < 1.29 is 9.59 Å². The number of para-hydroxylation sites is 2. The summed E-state index contributed by atoms with van der Waals surface area (Å²) in [6, 6.07) is 17.9. The third-order valence-corrected chi connectivity index (χ3v) is 5.76. The molecule has 2 aromatic carbocycles. The molecule has 150 valence electrons. The molecule has 4 rings (SSSR count). The first kappa shape index (κ1) is 19.2. The molecule has 2 amide bonds. The molecule has 0 spiro atoms. The van der Waals surface area contributed by atoms with E-state index in [1.165, 1.54) is 0 Å². The molecule has 29 heavy (non-hydrogen) atoms. The maximum atomic E-state index is 12.7. The van der Waals surface area contributed by atoms with Crippen LogP contribution in [-0.2, 0) is 16.1 Å². The molecule has 6 heteroatoms. The Kier molecular flexibility index (Phi) is 5.34. The lowest BCUT2D eigenvalue weighted by Gasteiger charge is -2.25. The van der Waals surface area contributed by atoms with Crippen molar-refractivity contribution in [3.63, 3.8) is 0 Å². The van der Waals surface area contributed by atoms with Crippen LogP contribution < -0.4 is 5.32 Å². The second-order valence-corrected chi connectivity index (χ2v) is 7.62. The molecule has 1 N–H and O–H groups in total. The van der Waals surface area contributed by atoms with E-state index in [1.807, 2.05) is 73.3 Å². The number of amides is 2. The molecule has 1 aliphatic rings. The Morgan fingerprint density at radius 1 is 1.17 bits per heavy atom. The summed E-state index contributed by atoms with van der Waals surface area (Å²) in [5.74, 6) is 0.620. The summed E-state index contributed by atoms with van der Waals surface area (Å²) < 4.78 is 2.11. The summed E-state index contributed by atoms with van der Waals surface area (Å²) in [6.07, 6.45) is 0.274. The van der Waals surface area contributed by atoms with Gasteiger partial charge in [0.05, 0.1) is 23.0 Å². The van der Waals surface area contributed by atoms with Gasteiger partial charge in [-0.15, -0.1) is 0 Å². The van der Waals surface area contributed by atoms with Crippen molar-refractivity contribution in [3.05, 3.63) is 66.0 Å². The predicted octanol–water partition coefficient (Wildman–Crippen LogP) is 3.07. The van der Waals surface area contributed by atoms with Crippen LogP contribution in [0.1, 0.15) is 30.8 Å². The second-order valence-electron chi connectivity index (χ2n) is 7.62. The zero-order chi connectivity index (χ0) is 20.4. The number of likely N-dealkylation sites (tertiary alicyclic amines) is 1. The van der Waals surface area contributed by atoms with Gasteiger partial charge >= 0.3 is 0 Å². The summed E-state index contributed by atoms with van der Waals surface area (Å²) in [5.41, 5.74) is 3.12. The Morgan fingerprint density at radius 2 is 1.90 bits per heavy atom. The van der Waals surface area contributed by atoms with Crippen LogP contribution in [0.3, 0.4) is 0 Å². The number of rotatable bonds is 6. The molecule has 1 saturated heterocycles. The lowest BCUT2D eigenvalue weighted by molar-refractivity contribution is -0.130. The predicted molar refractivity (Wildman–Crippen MR) is 112 cm³/mol. The van der Waals surface area contributed by atoms with E-state index in [9.17, 15) is 9.59 Å². The molecule has 0 radical (unpaired) electrons. The average molecular weight is 390 g/mol. The van der Waals surface area contributed by atoms with Crippen molar-refractivity contribution in [2.45, 2.75) is 32.9 Å². The van der Waals surface area contributed by atoms with E-state index < -0.39 is 0 Å². The van der Waals surface area contributed by atoms with Crippen molar-refractivity contribution >= 4 is 22.8 Å². The molecule has 0 aliphatic carbocycles. The van der Waals surface area contributed by atoms with E-state index in [-0.39, 0.29) is 30.2 Å². The highest BCUT2D eigenvalue weighted by Gasteiger charge is 2.36. The van der Waals surface area contributed by atoms with Gasteiger partial charge in [0.1, 0.15) is 5.82 Å². The molecular weight excluding hydrogens is 364 g/mol. The highest BCUT2D eigenvalue weighted by Crippen LogP contribution is 2.28. The van der Waals surface area contributed by atoms with E-state index >= 15 is 0 Å². The number of carbonyl (C=O) groups excluding carboxylic acids is 2. The largest absolute Gasteiger partial charge is 0.354 e. The van der Waals surface area contributed by atoms with Crippen LogP contribution in [0.25, 0.3) is 11.0 Å². The maximum absolute atomic E-state index is 12.7. The van der Waals surface area contributed by atoms with Crippen molar-refractivity contribution in [3.8, 4) is 0 Å². The molecule has 0 bridgehead atoms. The normalized spacial score (nSPS) is 17.7. The summed E-state index contributed by atoms with van der Waals surface area (Å²) in [6.45, 7) is 5.62. The second kappa shape index (κ2) is 8.07. The number of imidazole rings is 1. The minimum Gasteiger partial charge on any atom is -0.354 e. The van der Waals surface area contributed by atoms with Gasteiger partial charge in [0.25, 0.3) is 0 Å². The van der Waals surface area contributed by atoms with Crippen LogP contribution in [0.2, 0.25) is 0 Å². The summed E-state index contributed by atoms with van der Waals surface area (Å²) >= 11 is 0. The number of benzene rings is 2. The van der Waals surface area contributed by atoms with E-state index in [2.05, 4.69) is 14.9 Å². The SMILES string of the molecule is Cc1nc2ccccc2n1CCNC(=O)[C@@H]1CC(=O)N([C@@H](C)c2ccccc2)C1. The van der Waals surface area contributed by atoms with Crippen LogP contribution in [-0.4, -0.2) is 39.4 Å². The Balaban J connectivity index is 1.34. The van der Waals surface area contributed by atoms with Crippen LogP contribution in [0.15, 0.2) is 54.6 Å². The van der Waals surface area contributed by atoms with Crippen LogP contribution in [0.5, 0.6) is 0 Å². The number of aryl methyl sites for hydroxylation is 1. The number of fused-ring (bicyclic) bond motifs is 1. The van der Waals surface area contributed by atoms with Gasteiger partial charge in [-0.1, -0.05) is 42.5 Å². The fourth-order valence-corrected chi connectivity index (χ4v) is 4.11. The first-order valence-electron chi connectivity index (χ1n) is 10.1. The highest BCUT2D eigenvalue weighted by molar-refractivity contribution is 5.89. The van der Waals surface area contributed by atoms with Gasteiger partial charge in [0, 0.05) is 26.1 Å². The zero-order valence-electron chi connectivity index (χ0n) is 16.8. The van der Waals surface area contributed by atoms with Gasteiger partial charge in [0.2, 0.25) is 11.8 Å². The number of aromatic nitrogens is 2. The van der Waals surface area contributed by atoms with E-state index in [0.29, 0.717) is 19.6 Å². The van der Waals surface area contributed by atoms with Gasteiger partial charge in [-0.25, -0.2) is 4.98 Å². The zero-order valence-corrected chi connectivity index (χ0v) is 16.8. The third-order valence-electron chi connectivity index (χ3n) is 5.76. The van der Waals surface area contributed by atoms with E-state index in [4.69, 9.17) is 0 Å². The van der Waals surface area contributed by atoms with Crippen LogP contribution in [0, 0.1) is 12.8 Å². The Labute approximate surface area is 170 Å². The molecule has 0 saturated carbocycles. The number of carbonyl (C=O) groups is 2. The molecule has 1 aromatic heterocycles. The van der Waals surface area contributed by atoms with Gasteiger partial charge in [-0.05, 0) is 31.5 Å². The molecule has 6 nitrogen and oxygen atoms in total. The van der Waals surface area contributed by atoms with Crippen molar-refractivity contribution in [2.75, 3.05) is 13.1 Å². The van der Waals surface area contributed by atoms with Crippen molar-refractivity contribution in [2.24, 2.45) is 5.92 Å². The van der Waals surface area contributed by atoms with Gasteiger partial charge in [-0.2, -0.15) is 0 Å². The molecule has 3 aromatic rings. The fraction of sp³-hybridized carbons (Fsp3) is 0.348. The van der Waals surface area contributed by atoms with E-state index in [0.717, 1.165) is 22.4 Å². The maximum Gasteiger partial charge on any atom is 0.225 e. The Morgan fingerprint density at radius 3 is 2.69 bits per heavy atom. The lowest BCUT2D eigenvalue weighted by atomic mass is 10.1. The monoisotopic (exact) mass is 390 g/mol. The Hall–Kier alpha value is -3.15. The Bertz CT molecular complexity index is 1030. The fourth-order valence-electron chi connectivity index (χ4n) is 4.11. The topological polar surface area (TPSA) is 67.2 Å². The summed E-state index contributed by atoms with van der Waals surface area (Å²) in [5, 5.41) is 3.01. The first-order valence-corrected chi connectivity index (χ1v) is 10.1. The minimum atomic E-state index is -0.297. The molecule has 2 atom stereocenters. The summed E-state index contributed by atoms with van der Waals surface area (Å²) in [7, 11) is 0. The lowest BCUT2D eigenvalue weighted by Crippen LogP contribution is -2.35. The van der Waals surface area contributed by atoms with Gasteiger partial charge in [-0.3, -0.25) is 9.59 Å². The molecule has 2 heterocycles. The minimum absolute atomic E-state index is 0.0264. The number of nitrogens with zero attached hydrogens (tertiary/aromatic N) is 3. The van der Waals surface area contributed by atoms with Gasteiger partial charge < -0.3 is 14.8 Å². The summed E-state index contributed by atoms with van der Waals surface area (Å²) in [4.78, 5) is 31.5. The molecule has 1 fully saturated rings. The number of hydrogen-bond acceptors (Lipinski definition) is 3. The first-order chi connectivity index (χ1) is 14.0. The van der Waals surface area contributed by atoms with E-state index in [1.54, 1.807) is 0 Å². The average Bonchev–Trinajstić information content (AvgIpc) is 3.28. The third kappa shape index (κ3) is 3.88. The van der Waals surface area contributed by atoms with Gasteiger partial charge in [0.15, 0.2) is 0 Å². The number of nitrogens with one attached hydrogen (secondary N) is 1. The van der Waals surface area contributed by atoms with Crippen molar-refractivity contribution in [1.29, 1.82) is 0 Å². The standard InChI is InChI=1S/C23H26N4O2/c1-16(18-8-4-3-5-9-18)27-15-19(14-22(27)28)23(29)24-12-13-26-17(2)25-20-10-6-7-11-21(20)26/h3-11,16,19H,12-15H2,1-2H3,(H,24,29)/t16-,19+/m0/s1. The smallest absolute Gasteiger partial charge is 0.225 e. The molecule has 1 aliphatic heterocycles. The molecular formula is C23H26N4O2. The molecule has 0 unspecified atom stereocenters. The highest BCUT2D eigenvalue weighted by atomic mass is 16.2. The quantitative estimate of drug-likeness (QED) is 0.703. The number of hydrogen-bond donors (Lipinski definition) is 1. The van der Waals surface area contributed by atoms with Crippen molar-refractivity contribution in [1.82, 2.24) is 19.8 Å². The van der Waals surface area contributed by atoms with Crippen LogP contribution in [0.4, 0.5) is 0 Å². The van der Waals surface area contributed by atoms with Crippen LogP contribution >= 0.6 is 0 Å².